The Morgan fingerprint density at radius 3 is 1.89 bits per heavy atom. The van der Waals surface area contributed by atoms with E-state index < -0.39 is 11.9 Å². The Kier molecular flexibility index (Phi) is 3.16. The predicted molar refractivity (Wildman–Crippen MR) is 68.0 cm³/mol. The van der Waals surface area contributed by atoms with Crippen LogP contribution in [0.5, 0.6) is 0 Å². The lowest BCUT2D eigenvalue weighted by molar-refractivity contribution is -0.141. The summed E-state index contributed by atoms with van der Waals surface area (Å²) in [6.45, 7) is 7.70. The molecule has 0 amide bonds. The molecular weight excluding hydrogens is 253 g/mol. The largest absolute Gasteiger partial charge is 0.432 e. The predicted octanol–water partition coefficient (Wildman–Crippen LogP) is 4.33. The first-order valence-electron chi connectivity index (χ1n) is 5.92. The number of H-pyrrole nitrogens is 1. The van der Waals surface area contributed by atoms with E-state index in [0.29, 0.717) is 5.69 Å². The minimum Gasteiger partial charge on any atom is -0.273 e. The Balaban J connectivity index is 2.63. The van der Waals surface area contributed by atoms with Gasteiger partial charge in [0.15, 0.2) is 0 Å². The first-order chi connectivity index (χ1) is 8.71. The number of aryl methyl sites for hydroxylation is 2. The van der Waals surface area contributed by atoms with E-state index in [1.54, 1.807) is 0 Å². The molecule has 1 N–H and O–H groups in total. The third kappa shape index (κ3) is 2.37. The number of rotatable bonds is 1. The van der Waals surface area contributed by atoms with Crippen LogP contribution in [0.4, 0.5) is 13.2 Å². The van der Waals surface area contributed by atoms with Crippen LogP contribution in [0.2, 0.25) is 0 Å². The molecule has 0 saturated heterocycles. The van der Waals surface area contributed by atoms with Gasteiger partial charge in [-0.25, -0.2) is 0 Å². The first-order valence-corrected chi connectivity index (χ1v) is 5.92. The van der Waals surface area contributed by atoms with Crippen molar-refractivity contribution in [1.29, 1.82) is 0 Å². The van der Waals surface area contributed by atoms with Crippen LogP contribution in [0.25, 0.3) is 11.3 Å². The van der Waals surface area contributed by atoms with Crippen LogP contribution in [-0.4, -0.2) is 10.2 Å². The Bertz CT molecular complexity index is 598. The SMILES string of the molecule is Cc1cc(C)c(C)c(-c2cc(C(F)(F)F)[nH]n2)c1C. The molecule has 1 aromatic heterocycles. The van der Waals surface area contributed by atoms with Gasteiger partial charge in [-0.2, -0.15) is 18.3 Å². The minimum absolute atomic E-state index is 0.342. The van der Waals surface area contributed by atoms with Gasteiger partial charge in [-0.1, -0.05) is 6.07 Å². The lowest BCUT2D eigenvalue weighted by Crippen LogP contribution is -2.04. The third-order valence-corrected chi connectivity index (χ3v) is 3.51. The molecular formula is C14H15F3N2. The highest BCUT2D eigenvalue weighted by atomic mass is 19.4. The second kappa shape index (κ2) is 4.40. The van der Waals surface area contributed by atoms with E-state index in [-0.39, 0.29) is 0 Å². The van der Waals surface area contributed by atoms with Gasteiger partial charge in [0.05, 0.1) is 5.69 Å². The molecule has 2 aromatic rings. The number of nitrogens with one attached hydrogen (secondary N) is 1. The molecule has 0 aliphatic heterocycles. The van der Waals surface area contributed by atoms with E-state index in [1.807, 2.05) is 33.8 Å². The number of halogens is 3. The zero-order chi connectivity index (χ0) is 14.4. The number of alkyl halides is 3. The van der Waals surface area contributed by atoms with Crippen LogP contribution in [-0.2, 0) is 6.18 Å². The molecule has 0 fully saturated rings. The van der Waals surface area contributed by atoms with Crippen molar-refractivity contribution in [3.8, 4) is 11.3 Å². The standard InChI is InChI=1S/C14H15F3N2/c1-7-5-8(2)10(4)13(9(7)3)11-6-12(19-18-11)14(15,16)17/h5-6H,1-4H3,(H,18,19). The second-order valence-corrected chi connectivity index (χ2v) is 4.80. The van der Waals surface area contributed by atoms with Gasteiger partial charge in [-0.05, 0) is 56.0 Å². The molecule has 5 heteroatoms. The van der Waals surface area contributed by atoms with E-state index in [0.717, 1.165) is 33.9 Å². The summed E-state index contributed by atoms with van der Waals surface area (Å²) in [5, 5.41) is 5.87. The van der Waals surface area contributed by atoms with Gasteiger partial charge in [0.1, 0.15) is 5.69 Å². The van der Waals surface area contributed by atoms with Crippen LogP contribution in [0.1, 0.15) is 27.9 Å². The quantitative estimate of drug-likeness (QED) is 0.819. The van der Waals surface area contributed by atoms with Gasteiger partial charge in [-0.15, -0.1) is 0 Å². The molecule has 1 heterocycles. The van der Waals surface area contributed by atoms with E-state index >= 15 is 0 Å². The third-order valence-electron chi connectivity index (χ3n) is 3.51. The number of hydrogen-bond acceptors (Lipinski definition) is 1. The first kappa shape index (κ1) is 13.6. The van der Waals surface area contributed by atoms with Gasteiger partial charge < -0.3 is 0 Å². The molecule has 0 spiro atoms. The summed E-state index contributed by atoms with van der Waals surface area (Å²) in [5.74, 6) is 0. The molecule has 0 unspecified atom stereocenters. The maximum absolute atomic E-state index is 12.6. The fourth-order valence-corrected chi connectivity index (χ4v) is 2.20. The molecule has 0 radical (unpaired) electrons. The zero-order valence-electron chi connectivity index (χ0n) is 11.2. The summed E-state index contributed by atoms with van der Waals surface area (Å²) >= 11 is 0. The molecule has 0 saturated carbocycles. The topological polar surface area (TPSA) is 28.7 Å². The monoisotopic (exact) mass is 268 g/mol. The fraction of sp³-hybridized carbons (Fsp3) is 0.357. The second-order valence-electron chi connectivity index (χ2n) is 4.80. The number of hydrogen-bond donors (Lipinski definition) is 1. The highest BCUT2D eigenvalue weighted by molar-refractivity contribution is 5.70. The molecule has 19 heavy (non-hydrogen) atoms. The van der Waals surface area contributed by atoms with E-state index in [4.69, 9.17) is 0 Å². The summed E-state index contributed by atoms with van der Waals surface area (Å²) in [5.41, 5.74) is 4.33. The van der Waals surface area contributed by atoms with Crippen LogP contribution >= 0.6 is 0 Å². The van der Waals surface area contributed by atoms with Crippen molar-refractivity contribution in [1.82, 2.24) is 10.2 Å². The number of aromatic nitrogens is 2. The van der Waals surface area contributed by atoms with Crippen LogP contribution in [0.3, 0.4) is 0 Å². The average Bonchev–Trinajstić information content (AvgIpc) is 2.76. The smallest absolute Gasteiger partial charge is 0.273 e. The summed E-state index contributed by atoms with van der Waals surface area (Å²) < 4.78 is 37.8. The van der Waals surface area contributed by atoms with Crippen molar-refractivity contribution >= 4 is 0 Å². The lowest BCUT2D eigenvalue weighted by atomic mass is 9.92. The maximum atomic E-state index is 12.6. The minimum atomic E-state index is -4.40. The van der Waals surface area contributed by atoms with Crippen molar-refractivity contribution < 1.29 is 13.2 Å². The fourth-order valence-electron chi connectivity index (χ4n) is 2.20. The van der Waals surface area contributed by atoms with Crippen LogP contribution in [0.15, 0.2) is 12.1 Å². The Hall–Kier alpha value is -1.78. The van der Waals surface area contributed by atoms with E-state index in [9.17, 15) is 13.2 Å². The van der Waals surface area contributed by atoms with Crippen molar-refractivity contribution in [3.63, 3.8) is 0 Å². The number of nitrogens with zero attached hydrogens (tertiary/aromatic N) is 1. The molecule has 0 aliphatic carbocycles. The van der Waals surface area contributed by atoms with Crippen molar-refractivity contribution in [2.24, 2.45) is 0 Å². The molecule has 0 atom stereocenters. The van der Waals surface area contributed by atoms with Gasteiger partial charge in [0, 0.05) is 5.56 Å². The van der Waals surface area contributed by atoms with Gasteiger partial charge >= 0.3 is 6.18 Å². The Morgan fingerprint density at radius 2 is 1.47 bits per heavy atom. The van der Waals surface area contributed by atoms with Gasteiger partial charge in [-0.3, -0.25) is 5.10 Å². The maximum Gasteiger partial charge on any atom is 0.432 e. The lowest BCUT2D eigenvalue weighted by Gasteiger charge is -2.13. The summed E-state index contributed by atoms with van der Waals surface area (Å²) in [4.78, 5) is 0. The highest BCUT2D eigenvalue weighted by Crippen LogP contribution is 2.34. The van der Waals surface area contributed by atoms with E-state index in [2.05, 4.69) is 10.2 Å². The molecule has 2 rings (SSSR count). The average molecular weight is 268 g/mol. The van der Waals surface area contributed by atoms with Crippen molar-refractivity contribution in [3.05, 3.63) is 40.1 Å². The van der Waals surface area contributed by atoms with Crippen molar-refractivity contribution in [2.75, 3.05) is 0 Å². The zero-order valence-corrected chi connectivity index (χ0v) is 11.2. The normalized spacial score (nSPS) is 11.9. The molecule has 2 nitrogen and oxygen atoms in total. The summed E-state index contributed by atoms with van der Waals surface area (Å²) in [6.07, 6.45) is -4.40. The van der Waals surface area contributed by atoms with E-state index in [1.165, 1.54) is 0 Å². The van der Waals surface area contributed by atoms with Crippen LogP contribution < -0.4 is 0 Å². The Labute approximate surface area is 109 Å². The molecule has 102 valence electrons. The molecule has 0 aliphatic rings. The molecule has 1 aromatic carbocycles. The Morgan fingerprint density at radius 1 is 0.947 bits per heavy atom. The van der Waals surface area contributed by atoms with Gasteiger partial charge in [0.25, 0.3) is 0 Å². The summed E-state index contributed by atoms with van der Waals surface area (Å²) in [6, 6.07) is 3.10. The van der Waals surface area contributed by atoms with Crippen molar-refractivity contribution in [2.45, 2.75) is 33.9 Å². The number of benzene rings is 1. The van der Waals surface area contributed by atoms with Crippen LogP contribution in [0, 0.1) is 27.7 Å². The number of aromatic amines is 1. The molecule has 0 bridgehead atoms. The van der Waals surface area contributed by atoms with Gasteiger partial charge in [0.2, 0.25) is 0 Å². The highest BCUT2D eigenvalue weighted by Gasteiger charge is 2.33. The summed E-state index contributed by atoms with van der Waals surface area (Å²) in [7, 11) is 0.